The number of hydrogen-bond acceptors (Lipinski definition) is 5. The van der Waals surface area contributed by atoms with Crippen LogP contribution < -0.4 is 10.1 Å². The Balaban J connectivity index is 1.92. The third-order valence-corrected chi connectivity index (χ3v) is 4.63. The zero-order valence-electron chi connectivity index (χ0n) is 13.7. The first-order chi connectivity index (χ1) is 12.8. The fraction of sp³-hybridized carbons (Fsp3) is 0.118. The molecule has 0 aliphatic rings. The van der Waals surface area contributed by atoms with Crippen LogP contribution in [-0.2, 0) is 6.18 Å². The molecule has 3 aromatic rings. The standard InChI is InChI=1S/C17H11ClF3N3O2S/c1-26-11-4-2-3-9(7-11)14-15(27-24-23-14)16(25)22-13-8-10(17(19,20)21)5-6-12(13)18/h2-8H,1H3,(H,22,25). The molecular weight excluding hydrogens is 403 g/mol. The number of halogens is 4. The van der Waals surface area contributed by atoms with Crippen molar-refractivity contribution in [1.82, 2.24) is 9.59 Å². The highest BCUT2D eigenvalue weighted by Crippen LogP contribution is 2.34. The van der Waals surface area contributed by atoms with Gasteiger partial charge in [-0.1, -0.05) is 28.2 Å². The van der Waals surface area contributed by atoms with Gasteiger partial charge in [-0.15, -0.1) is 5.10 Å². The molecule has 0 bridgehead atoms. The van der Waals surface area contributed by atoms with E-state index < -0.39 is 17.6 Å². The summed E-state index contributed by atoms with van der Waals surface area (Å²) >= 11 is 6.74. The van der Waals surface area contributed by atoms with Gasteiger partial charge in [-0.3, -0.25) is 4.79 Å². The lowest BCUT2D eigenvalue weighted by Crippen LogP contribution is -2.13. The maximum atomic E-state index is 12.9. The number of aromatic nitrogens is 2. The van der Waals surface area contributed by atoms with Gasteiger partial charge in [0, 0.05) is 5.56 Å². The number of carbonyl (C=O) groups excluding carboxylic acids is 1. The summed E-state index contributed by atoms with van der Waals surface area (Å²) in [6.45, 7) is 0. The molecule has 0 aliphatic carbocycles. The summed E-state index contributed by atoms with van der Waals surface area (Å²) in [6, 6.07) is 9.53. The molecular formula is C17H11ClF3N3O2S. The Hall–Kier alpha value is -2.65. The first-order valence-electron chi connectivity index (χ1n) is 7.44. The number of carbonyl (C=O) groups is 1. The summed E-state index contributed by atoms with van der Waals surface area (Å²) in [5, 5.41) is 6.32. The van der Waals surface area contributed by atoms with Gasteiger partial charge in [0.1, 0.15) is 16.3 Å². The quantitative estimate of drug-likeness (QED) is 0.643. The number of hydrogen-bond donors (Lipinski definition) is 1. The summed E-state index contributed by atoms with van der Waals surface area (Å²) in [5.41, 5.74) is -0.193. The molecule has 0 unspecified atom stereocenters. The second-order valence-electron chi connectivity index (χ2n) is 5.33. The van der Waals surface area contributed by atoms with Crippen LogP contribution >= 0.6 is 23.1 Å². The maximum Gasteiger partial charge on any atom is 0.416 e. The van der Waals surface area contributed by atoms with Crippen molar-refractivity contribution in [1.29, 1.82) is 0 Å². The van der Waals surface area contributed by atoms with Gasteiger partial charge >= 0.3 is 6.18 Å². The topological polar surface area (TPSA) is 64.1 Å². The van der Waals surface area contributed by atoms with Crippen molar-refractivity contribution in [3.63, 3.8) is 0 Å². The van der Waals surface area contributed by atoms with Crippen LogP contribution in [0.25, 0.3) is 11.3 Å². The molecule has 10 heteroatoms. The fourth-order valence-corrected chi connectivity index (χ4v) is 3.02. The predicted molar refractivity (Wildman–Crippen MR) is 96.3 cm³/mol. The Morgan fingerprint density at radius 2 is 2.00 bits per heavy atom. The van der Waals surface area contributed by atoms with E-state index in [1.54, 1.807) is 24.3 Å². The molecule has 1 N–H and O–H groups in total. The molecule has 0 saturated heterocycles. The van der Waals surface area contributed by atoms with E-state index in [0.717, 1.165) is 29.7 Å². The number of amides is 1. The minimum absolute atomic E-state index is 0.0169. The van der Waals surface area contributed by atoms with Gasteiger partial charge in [0.25, 0.3) is 5.91 Å². The Morgan fingerprint density at radius 3 is 2.70 bits per heavy atom. The molecule has 0 spiro atoms. The van der Waals surface area contributed by atoms with Gasteiger partial charge in [0.2, 0.25) is 0 Å². The highest BCUT2D eigenvalue weighted by molar-refractivity contribution is 7.08. The molecule has 140 valence electrons. The van der Waals surface area contributed by atoms with Crippen LogP contribution in [0.4, 0.5) is 18.9 Å². The Bertz CT molecular complexity index is 992. The Labute approximate surface area is 160 Å². The summed E-state index contributed by atoms with van der Waals surface area (Å²) < 4.78 is 47.6. The van der Waals surface area contributed by atoms with Gasteiger partial charge in [0.15, 0.2) is 0 Å². The molecule has 27 heavy (non-hydrogen) atoms. The third-order valence-electron chi connectivity index (χ3n) is 3.58. The summed E-state index contributed by atoms with van der Waals surface area (Å²) in [6.07, 6.45) is -4.55. The number of benzene rings is 2. The van der Waals surface area contributed by atoms with Crippen molar-refractivity contribution in [2.75, 3.05) is 12.4 Å². The molecule has 5 nitrogen and oxygen atoms in total. The molecule has 0 saturated carbocycles. The maximum absolute atomic E-state index is 12.9. The number of methoxy groups -OCH3 is 1. The lowest BCUT2D eigenvalue weighted by molar-refractivity contribution is -0.137. The number of nitrogens with one attached hydrogen (secondary N) is 1. The van der Waals surface area contributed by atoms with E-state index in [0.29, 0.717) is 17.0 Å². The van der Waals surface area contributed by atoms with E-state index in [1.807, 2.05) is 0 Å². The Morgan fingerprint density at radius 1 is 1.22 bits per heavy atom. The van der Waals surface area contributed by atoms with Crippen LogP contribution in [0.3, 0.4) is 0 Å². The van der Waals surface area contributed by atoms with Crippen LogP contribution in [0.2, 0.25) is 5.02 Å². The molecule has 0 atom stereocenters. The van der Waals surface area contributed by atoms with Crippen molar-refractivity contribution < 1.29 is 22.7 Å². The number of ether oxygens (including phenoxy) is 1. The van der Waals surface area contributed by atoms with E-state index in [1.165, 1.54) is 7.11 Å². The van der Waals surface area contributed by atoms with Gasteiger partial charge in [-0.25, -0.2) is 0 Å². The lowest BCUT2D eigenvalue weighted by atomic mass is 10.1. The SMILES string of the molecule is COc1cccc(-c2nnsc2C(=O)Nc2cc(C(F)(F)F)ccc2Cl)c1. The minimum atomic E-state index is -4.55. The average molecular weight is 414 g/mol. The van der Waals surface area contributed by atoms with Crippen molar-refractivity contribution in [3.05, 3.63) is 57.9 Å². The van der Waals surface area contributed by atoms with Crippen LogP contribution in [0.5, 0.6) is 5.75 Å². The van der Waals surface area contributed by atoms with Crippen molar-refractivity contribution >= 4 is 34.7 Å². The van der Waals surface area contributed by atoms with Gasteiger partial charge in [-0.05, 0) is 41.9 Å². The molecule has 2 aromatic carbocycles. The predicted octanol–water partition coefficient (Wildman–Crippen LogP) is 5.14. The number of alkyl halides is 3. The largest absolute Gasteiger partial charge is 0.497 e. The van der Waals surface area contributed by atoms with Crippen LogP contribution in [0, 0.1) is 0 Å². The summed E-state index contributed by atoms with van der Waals surface area (Å²) in [5.74, 6) is -0.100. The first kappa shape index (κ1) is 19.1. The number of nitrogens with zero attached hydrogens (tertiary/aromatic N) is 2. The highest BCUT2D eigenvalue weighted by atomic mass is 35.5. The molecule has 0 fully saturated rings. The minimum Gasteiger partial charge on any atom is -0.497 e. The van der Waals surface area contributed by atoms with Gasteiger partial charge < -0.3 is 10.1 Å². The van der Waals surface area contributed by atoms with E-state index in [9.17, 15) is 18.0 Å². The van der Waals surface area contributed by atoms with Crippen molar-refractivity contribution in [3.8, 4) is 17.0 Å². The van der Waals surface area contributed by atoms with Crippen LogP contribution in [0.15, 0.2) is 42.5 Å². The molecule has 3 rings (SSSR count). The zero-order chi connectivity index (χ0) is 19.6. The van der Waals surface area contributed by atoms with Gasteiger partial charge in [-0.2, -0.15) is 13.2 Å². The second-order valence-corrected chi connectivity index (χ2v) is 6.49. The molecule has 0 radical (unpaired) electrons. The molecule has 1 aromatic heterocycles. The van der Waals surface area contributed by atoms with Crippen molar-refractivity contribution in [2.24, 2.45) is 0 Å². The van der Waals surface area contributed by atoms with Crippen LogP contribution in [0.1, 0.15) is 15.2 Å². The highest BCUT2D eigenvalue weighted by Gasteiger charge is 2.31. The number of rotatable bonds is 4. The van der Waals surface area contributed by atoms with E-state index >= 15 is 0 Å². The van der Waals surface area contributed by atoms with E-state index in [4.69, 9.17) is 16.3 Å². The lowest BCUT2D eigenvalue weighted by Gasteiger charge is -2.11. The summed E-state index contributed by atoms with van der Waals surface area (Å²) in [7, 11) is 1.50. The second kappa shape index (κ2) is 7.53. The molecule has 1 amide bonds. The van der Waals surface area contributed by atoms with Crippen molar-refractivity contribution in [2.45, 2.75) is 6.18 Å². The van der Waals surface area contributed by atoms with Gasteiger partial charge in [0.05, 0.1) is 23.4 Å². The summed E-state index contributed by atoms with van der Waals surface area (Å²) in [4.78, 5) is 12.7. The third kappa shape index (κ3) is 4.20. The number of anilines is 1. The fourth-order valence-electron chi connectivity index (χ4n) is 2.28. The zero-order valence-corrected chi connectivity index (χ0v) is 15.2. The van der Waals surface area contributed by atoms with E-state index in [-0.39, 0.29) is 15.6 Å². The smallest absolute Gasteiger partial charge is 0.416 e. The molecule has 1 heterocycles. The van der Waals surface area contributed by atoms with Crippen LogP contribution in [-0.4, -0.2) is 22.6 Å². The Kier molecular flexibility index (Phi) is 5.33. The first-order valence-corrected chi connectivity index (χ1v) is 8.59. The van der Waals surface area contributed by atoms with E-state index in [2.05, 4.69) is 14.9 Å². The average Bonchev–Trinajstić information content (AvgIpc) is 3.12. The monoisotopic (exact) mass is 413 g/mol. The molecule has 0 aliphatic heterocycles. The normalized spacial score (nSPS) is 11.3.